The molecule has 1 aromatic carbocycles. The van der Waals surface area contributed by atoms with E-state index in [1.54, 1.807) is 4.90 Å². The first-order valence-corrected chi connectivity index (χ1v) is 10.6. The van der Waals surface area contributed by atoms with E-state index < -0.39 is 17.7 Å². The summed E-state index contributed by atoms with van der Waals surface area (Å²) in [5.41, 5.74) is 0.130. The fraction of sp³-hybridized carbons (Fsp3) is 0.500. The highest BCUT2D eigenvalue weighted by Crippen LogP contribution is 2.35. The zero-order valence-corrected chi connectivity index (χ0v) is 18.1. The van der Waals surface area contributed by atoms with Crippen LogP contribution in [0.4, 0.5) is 17.6 Å². The highest BCUT2D eigenvalue weighted by atomic mass is 19.4. The van der Waals surface area contributed by atoms with Crippen molar-refractivity contribution in [3.8, 4) is 0 Å². The van der Waals surface area contributed by atoms with Gasteiger partial charge in [-0.1, -0.05) is 12.1 Å². The minimum atomic E-state index is -4.60. The summed E-state index contributed by atoms with van der Waals surface area (Å²) in [5.74, 6) is -0.761. The number of methoxy groups -OCH3 is 1. The maximum absolute atomic E-state index is 13.6. The summed E-state index contributed by atoms with van der Waals surface area (Å²) < 4.78 is 59.8. The summed E-state index contributed by atoms with van der Waals surface area (Å²) >= 11 is 0. The van der Waals surface area contributed by atoms with Gasteiger partial charge in [0.05, 0.1) is 38.9 Å². The molecule has 4 rings (SSSR count). The molecule has 33 heavy (non-hydrogen) atoms. The van der Waals surface area contributed by atoms with Crippen molar-refractivity contribution in [1.29, 1.82) is 0 Å². The second-order valence-corrected chi connectivity index (χ2v) is 8.46. The van der Waals surface area contributed by atoms with E-state index in [1.807, 2.05) is 4.90 Å². The summed E-state index contributed by atoms with van der Waals surface area (Å²) in [6.45, 7) is 1.59. The van der Waals surface area contributed by atoms with Crippen LogP contribution >= 0.6 is 0 Å². The Morgan fingerprint density at radius 3 is 2.52 bits per heavy atom. The highest BCUT2D eigenvalue weighted by Gasteiger charge is 2.41. The monoisotopic (exact) mass is 468 g/mol. The molecule has 1 aromatic heterocycles. The van der Waals surface area contributed by atoms with Crippen molar-refractivity contribution in [2.45, 2.75) is 32.1 Å². The lowest BCUT2D eigenvalue weighted by Gasteiger charge is -2.39. The minimum Gasteiger partial charge on any atom is -0.469 e. The molecule has 3 heterocycles. The van der Waals surface area contributed by atoms with Crippen molar-refractivity contribution in [2.75, 3.05) is 33.3 Å². The number of ether oxygens (including phenoxy) is 1. The minimum absolute atomic E-state index is 0.0257. The number of nitrogens with zero attached hydrogens (tertiary/aromatic N) is 4. The second-order valence-electron chi connectivity index (χ2n) is 8.46. The molecule has 11 heteroatoms. The Kier molecular flexibility index (Phi) is 6.42. The predicted octanol–water partition coefficient (Wildman–Crippen LogP) is 2.47. The Hall–Kier alpha value is -2.95. The molecule has 0 aliphatic carbocycles. The number of fused-ring (bicyclic) bond motifs is 1. The van der Waals surface area contributed by atoms with Crippen molar-refractivity contribution < 1.29 is 31.9 Å². The van der Waals surface area contributed by atoms with Gasteiger partial charge in [-0.2, -0.15) is 18.3 Å². The highest BCUT2D eigenvalue weighted by molar-refractivity contribution is 5.78. The van der Waals surface area contributed by atoms with E-state index in [0.717, 1.165) is 0 Å². The molecule has 0 radical (unpaired) electrons. The van der Waals surface area contributed by atoms with E-state index >= 15 is 0 Å². The van der Waals surface area contributed by atoms with Gasteiger partial charge in [0.1, 0.15) is 5.82 Å². The smallest absolute Gasteiger partial charge is 0.435 e. The van der Waals surface area contributed by atoms with Crippen LogP contribution in [0.25, 0.3) is 0 Å². The van der Waals surface area contributed by atoms with Crippen LogP contribution in [0, 0.1) is 11.7 Å². The first-order valence-electron chi connectivity index (χ1n) is 10.6. The Bertz CT molecular complexity index is 1030. The van der Waals surface area contributed by atoms with E-state index in [-0.39, 0.29) is 56.0 Å². The lowest BCUT2D eigenvalue weighted by Crippen LogP contribution is -2.52. The average molecular weight is 468 g/mol. The molecule has 2 aliphatic rings. The lowest BCUT2D eigenvalue weighted by atomic mass is 9.96. The molecule has 2 aromatic rings. The quantitative estimate of drug-likeness (QED) is 0.482. The van der Waals surface area contributed by atoms with E-state index in [4.69, 9.17) is 0 Å². The van der Waals surface area contributed by atoms with Crippen molar-refractivity contribution in [3.63, 3.8) is 0 Å². The van der Waals surface area contributed by atoms with Gasteiger partial charge in [0.2, 0.25) is 5.91 Å². The molecule has 0 atom stereocenters. The zero-order valence-electron chi connectivity index (χ0n) is 18.1. The number of hydrogen-bond acceptors (Lipinski definition) is 5. The molecule has 2 aliphatic heterocycles. The number of benzene rings is 1. The topological polar surface area (TPSA) is 67.7 Å². The number of halogens is 4. The number of aromatic nitrogens is 2. The molecule has 0 N–H and O–H groups in total. The van der Waals surface area contributed by atoms with Crippen molar-refractivity contribution in [1.82, 2.24) is 19.6 Å². The summed E-state index contributed by atoms with van der Waals surface area (Å²) in [7, 11) is 1.33. The fourth-order valence-corrected chi connectivity index (χ4v) is 4.36. The number of rotatable bonds is 6. The summed E-state index contributed by atoms with van der Waals surface area (Å²) in [5, 5.41) is 3.81. The molecule has 1 saturated heterocycles. The van der Waals surface area contributed by atoms with Crippen LogP contribution in [0.15, 0.2) is 24.3 Å². The fourth-order valence-electron chi connectivity index (χ4n) is 4.36. The van der Waals surface area contributed by atoms with Crippen LogP contribution in [0.2, 0.25) is 0 Å². The molecule has 0 unspecified atom stereocenters. The van der Waals surface area contributed by atoms with Crippen LogP contribution in [-0.2, 0) is 40.0 Å². The molecular weight excluding hydrogens is 444 g/mol. The average Bonchev–Trinajstić information content (AvgIpc) is 3.11. The third-order valence-corrected chi connectivity index (χ3v) is 6.08. The number of likely N-dealkylation sites (tertiary alicyclic amines) is 1. The van der Waals surface area contributed by atoms with Gasteiger partial charge in [-0.3, -0.25) is 19.2 Å². The van der Waals surface area contributed by atoms with Crippen LogP contribution in [0.5, 0.6) is 0 Å². The molecule has 0 bridgehead atoms. The third kappa shape index (κ3) is 5.18. The molecule has 0 saturated carbocycles. The van der Waals surface area contributed by atoms with Crippen molar-refractivity contribution >= 4 is 11.9 Å². The van der Waals surface area contributed by atoms with E-state index in [0.29, 0.717) is 30.8 Å². The number of amides is 1. The Labute approximate surface area is 187 Å². The molecule has 1 fully saturated rings. The summed E-state index contributed by atoms with van der Waals surface area (Å²) in [4.78, 5) is 27.6. The van der Waals surface area contributed by atoms with Gasteiger partial charge in [0, 0.05) is 25.2 Å². The van der Waals surface area contributed by atoms with Crippen molar-refractivity contribution in [3.05, 3.63) is 52.6 Å². The molecule has 178 valence electrons. The van der Waals surface area contributed by atoms with E-state index in [2.05, 4.69) is 9.84 Å². The first kappa shape index (κ1) is 23.2. The van der Waals surface area contributed by atoms with Gasteiger partial charge >= 0.3 is 12.1 Å². The van der Waals surface area contributed by atoms with Gasteiger partial charge in [-0.15, -0.1) is 0 Å². The Morgan fingerprint density at radius 2 is 1.88 bits per heavy atom. The van der Waals surface area contributed by atoms with Crippen molar-refractivity contribution in [2.24, 2.45) is 5.92 Å². The van der Waals surface area contributed by atoms with Gasteiger partial charge < -0.3 is 9.64 Å². The van der Waals surface area contributed by atoms with E-state index in [9.17, 15) is 27.2 Å². The number of carbonyl (C=O) groups is 2. The van der Waals surface area contributed by atoms with Gasteiger partial charge in [0.15, 0.2) is 5.69 Å². The van der Waals surface area contributed by atoms with Crippen LogP contribution < -0.4 is 0 Å². The SMILES string of the molecule is COC(=O)CC1CN(CC(=O)N2CCc3c(C(F)(F)F)nn(Cc4ccc(F)cc4)c3C2)C1. The van der Waals surface area contributed by atoms with Crippen LogP contribution in [0.1, 0.15) is 28.9 Å². The largest absolute Gasteiger partial charge is 0.469 e. The number of hydrogen-bond donors (Lipinski definition) is 0. The standard InChI is InChI=1S/C22H24F4N4O3/c1-33-20(32)8-15-9-28(10-15)13-19(31)29-7-6-17-18(12-29)30(27-21(17)22(24,25)26)11-14-2-4-16(23)5-3-14/h2-5,15H,6-13H2,1H3. The molecule has 1 amide bonds. The summed E-state index contributed by atoms with van der Waals surface area (Å²) in [6, 6.07) is 5.48. The molecule has 0 spiro atoms. The maximum atomic E-state index is 13.6. The summed E-state index contributed by atoms with van der Waals surface area (Å²) in [6.07, 6.45) is -4.24. The normalized spacial score (nSPS) is 16.9. The van der Waals surface area contributed by atoms with E-state index in [1.165, 1.54) is 36.1 Å². The number of esters is 1. The predicted molar refractivity (Wildman–Crippen MR) is 108 cm³/mol. The third-order valence-electron chi connectivity index (χ3n) is 6.08. The number of alkyl halides is 3. The maximum Gasteiger partial charge on any atom is 0.435 e. The Morgan fingerprint density at radius 1 is 1.18 bits per heavy atom. The van der Waals surface area contributed by atoms with Crippen LogP contribution in [-0.4, -0.2) is 64.7 Å². The zero-order chi connectivity index (χ0) is 23.8. The first-order chi connectivity index (χ1) is 15.6. The van der Waals surface area contributed by atoms with Gasteiger partial charge in [0.25, 0.3) is 0 Å². The lowest BCUT2D eigenvalue weighted by molar-refractivity contribution is -0.143. The number of carbonyl (C=O) groups excluding carboxylic acids is 2. The Balaban J connectivity index is 1.45. The van der Waals surface area contributed by atoms with Gasteiger partial charge in [-0.05, 0) is 30.0 Å². The molecular formula is C22H24F4N4O3. The molecule has 7 nitrogen and oxygen atoms in total. The van der Waals surface area contributed by atoms with Gasteiger partial charge in [-0.25, -0.2) is 4.39 Å². The second kappa shape index (κ2) is 9.12. The van der Waals surface area contributed by atoms with Crippen LogP contribution in [0.3, 0.4) is 0 Å².